The normalized spacial score (nSPS) is 21.6. The van der Waals surface area contributed by atoms with E-state index in [1.807, 2.05) is 11.6 Å². The lowest BCUT2D eigenvalue weighted by molar-refractivity contribution is 0.109. The third kappa shape index (κ3) is 3.04. The van der Waals surface area contributed by atoms with Crippen molar-refractivity contribution in [1.29, 1.82) is 0 Å². The molecule has 1 N–H and O–H groups in total. The van der Waals surface area contributed by atoms with Crippen LogP contribution >= 0.6 is 11.3 Å². The molecular weight excluding hydrogens is 196 g/mol. The van der Waals surface area contributed by atoms with E-state index in [2.05, 4.69) is 10.3 Å². The lowest BCUT2D eigenvalue weighted by Gasteiger charge is -2.07. The quantitative estimate of drug-likeness (QED) is 0.754. The van der Waals surface area contributed by atoms with E-state index in [0.717, 1.165) is 17.5 Å². The maximum atomic E-state index is 5.56. The fraction of sp³-hybridized carbons (Fsp3) is 0.700. The molecule has 2 rings (SSSR count). The van der Waals surface area contributed by atoms with E-state index in [0.29, 0.717) is 6.61 Å². The SMILES string of the molecule is c1csc(COCCC2CCNC2)n1. The second-order valence-electron chi connectivity index (χ2n) is 3.63. The van der Waals surface area contributed by atoms with Crippen LogP contribution in [0.3, 0.4) is 0 Å². The van der Waals surface area contributed by atoms with Crippen molar-refractivity contribution in [2.45, 2.75) is 19.4 Å². The zero-order valence-corrected chi connectivity index (χ0v) is 9.05. The number of ether oxygens (including phenoxy) is 1. The van der Waals surface area contributed by atoms with Crippen molar-refractivity contribution >= 4 is 11.3 Å². The average molecular weight is 212 g/mol. The predicted octanol–water partition coefficient (Wildman–Crippen LogP) is 1.66. The summed E-state index contributed by atoms with van der Waals surface area (Å²) in [5, 5.41) is 6.42. The predicted molar refractivity (Wildman–Crippen MR) is 57.4 cm³/mol. The standard InChI is InChI=1S/C10H16N2OS/c1-3-11-7-9(1)2-5-13-8-10-12-4-6-14-10/h4,6,9,11H,1-3,5,7-8H2. The highest BCUT2D eigenvalue weighted by Crippen LogP contribution is 2.12. The molecule has 1 aliphatic heterocycles. The zero-order chi connectivity index (χ0) is 9.64. The van der Waals surface area contributed by atoms with Crippen LogP contribution in [0.15, 0.2) is 11.6 Å². The molecule has 4 heteroatoms. The molecule has 0 spiro atoms. The summed E-state index contributed by atoms with van der Waals surface area (Å²) in [6.45, 7) is 3.89. The molecule has 0 saturated carbocycles. The van der Waals surface area contributed by atoms with Crippen molar-refractivity contribution in [3.8, 4) is 0 Å². The van der Waals surface area contributed by atoms with Crippen LogP contribution in [-0.2, 0) is 11.3 Å². The van der Waals surface area contributed by atoms with Crippen LogP contribution in [0.5, 0.6) is 0 Å². The summed E-state index contributed by atoms with van der Waals surface area (Å²) in [5.41, 5.74) is 0. The first-order chi connectivity index (χ1) is 6.95. The molecule has 0 bridgehead atoms. The Bertz CT molecular complexity index is 245. The molecule has 1 aromatic heterocycles. The van der Waals surface area contributed by atoms with Crippen molar-refractivity contribution in [1.82, 2.24) is 10.3 Å². The molecule has 2 heterocycles. The summed E-state index contributed by atoms with van der Waals surface area (Å²) in [7, 11) is 0. The van der Waals surface area contributed by atoms with Gasteiger partial charge in [-0.25, -0.2) is 4.98 Å². The van der Waals surface area contributed by atoms with Gasteiger partial charge in [0.05, 0.1) is 6.61 Å². The molecule has 0 amide bonds. The highest BCUT2D eigenvalue weighted by molar-refractivity contribution is 7.09. The molecule has 1 aliphatic rings. The van der Waals surface area contributed by atoms with Gasteiger partial charge in [-0.2, -0.15) is 0 Å². The monoisotopic (exact) mass is 212 g/mol. The Hall–Kier alpha value is -0.450. The molecule has 14 heavy (non-hydrogen) atoms. The Morgan fingerprint density at radius 2 is 2.64 bits per heavy atom. The molecule has 0 radical (unpaired) electrons. The summed E-state index contributed by atoms with van der Waals surface area (Å²) < 4.78 is 5.56. The number of thiazole rings is 1. The number of nitrogens with zero attached hydrogens (tertiary/aromatic N) is 1. The van der Waals surface area contributed by atoms with Crippen molar-refractivity contribution in [3.05, 3.63) is 16.6 Å². The van der Waals surface area contributed by atoms with Gasteiger partial charge < -0.3 is 10.1 Å². The first-order valence-electron chi connectivity index (χ1n) is 5.12. The van der Waals surface area contributed by atoms with E-state index in [1.165, 1.54) is 25.9 Å². The van der Waals surface area contributed by atoms with Crippen LogP contribution in [0.1, 0.15) is 17.8 Å². The van der Waals surface area contributed by atoms with Crippen LogP contribution in [0.4, 0.5) is 0 Å². The molecule has 78 valence electrons. The highest BCUT2D eigenvalue weighted by atomic mass is 32.1. The second kappa shape index (κ2) is 5.44. The summed E-state index contributed by atoms with van der Waals surface area (Å²) >= 11 is 1.66. The molecule has 0 aliphatic carbocycles. The lowest BCUT2D eigenvalue weighted by Crippen LogP contribution is -2.10. The van der Waals surface area contributed by atoms with E-state index in [9.17, 15) is 0 Å². The summed E-state index contributed by atoms with van der Waals surface area (Å²) in [5.74, 6) is 0.825. The lowest BCUT2D eigenvalue weighted by atomic mass is 10.1. The minimum absolute atomic E-state index is 0.678. The Kier molecular flexibility index (Phi) is 3.91. The molecule has 1 aromatic rings. The molecule has 1 saturated heterocycles. The van der Waals surface area contributed by atoms with Gasteiger partial charge in [0.2, 0.25) is 0 Å². The number of hydrogen-bond acceptors (Lipinski definition) is 4. The maximum Gasteiger partial charge on any atom is 0.118 e. The van der Waals surface area contributed by atoms with Gasteiger partial charge in [-0.15, -0.1) is 11.3 Å². The first kappa shape index (κ1) is 10.1. The zero-order valence-electron chi connectivity index (χ0n) is 8.24. The largest absolute Gasteiger partial charge is 0.374 e. The van der Waals surface area contributed by atoms with Gasteiger partial charge in [0.25, 0.3) is 0 Å². The van der Waals surface area contributed by atoms with E-state index in [-0.39, 0.29) is 0 Å². The molecule has 3 nitrogen and oxygen atoms in total. The molecule has 1 unspecified atom stereocenters. The minimum atomic E-state index is 0.678. The van der Waals surface area contributed by atoms with Crippen LogP contribution in [0, 0.1) is 5.92 Å². The van der Waals surface area contributed by atoms with Gasteiger partial charge in [-0.3, -0.25) is 0 Å². The van der Waals surface area contributed by atoms with Gasteiger partial charge in [-0.1, -0.05) is 0 Å². The number of hydrogen-bond donors (Lipinski definition) is 1. The Balaban J connectivity index is 1.55. The third-order valence-electron chi connectivity index (χ3n) is 2.54. The van der Waals surface area contributed by atoms with E-state index >= 15 is 0 Å². The fourth-order valence-corrected chi connectivity index (χ4v) is 2.25. The van der Waals surface area contributed by atoms with Crippen LogP contribution in [-0.4, -0.2) is 24.7 Å². The average Bonchev–Trinajstić information content (AvgIpc) is 2.86. The third-order valence-corrected chi connectivity index (χ3v) is 3.29. The van der Waals surface area contributed by atoms with Gasteiger partial charge in [0.1, 0.15) is 5.01 Å². The highest BCUT2D eigenvalue weighted by Gasteiger charge is 2.13. The van der Waals surface area contributed by atoms with Crippen molar-refractivity contribution in [3.63, 3.8) is 0 Å². The van der Waals surface area contributed by atoms with E-state index < -0.39 is 0 Å². The van der Waals surface area contributed by atoms with Crippen LogP contribution in [0.25, 0.3) is 0 Å². The van der Waals surface area contributed by atoms with Crippen LogP contribution in [0.2, 0.25) is 0 Å². The Morgan fingerprint density at radius 3 is 3.36 bits per heavy atom. The Labute approximate surface area is 88.5 Å². The molecule has 0 aromatic carbocycles. The maximum absolute atomic E-state index is 5.56. The first-order valence-corrected chi connectivity index (χ1v) is 6.00. The van der Waals surface area contributed by atoms with Crippen molar-refractivity contribution in [2.24, 2.45) is 5.92 Å². The van der Waals surface area contributed by atoms with Gasteiger partial charge in [-0.05, 0) is 31.8 Å². The summed E-state index contributed by atoms with van der Waals surface area (Å²) in [6.07, 6.45) is 4.31. The van der Waals surface area contributed by atoms with Gasteiger partial charge in [0, 0.05) is 18.2 Å². The van der Waals surface area contributed by atoms with Gasteiger partial charge >= 0.3 is 0 Å². The number of nitrogens with one attached hydrogen (secondary N) is 1. The Morgan fingerprint density at radius 1 is 1.64 bits per heavy atom. The minimum Gasteiger partial charge on any atom is -0.374 e. The topological polar surface area (TPSA) is 34.1 Å². The smallest absolute Gasteiger partial charge is 0.118 e. The molecule has 1 fully saturated rings. The molecular formula is C10H16N2OS. The summed E-state index contributed by atoms with van der Waals surface area (Å²) in [4.78, 5) is 4.17. The number of rotatable bonds is 5. The van der Waals surface area contributed by atoms with Crippen molar-refractivity contribution < 1.29 is 4.74 Å². The number of aromatic nitrogens is 1. The van der Waals surface area contributed by atoms with Crippen molar-refractivity contribution in [2.75, 3.05) is 19.7 Å². The fourth-order valence-electron chi connectivity index (χ4n) is 1.69. The summed E-state index contributed by atoms with van der Waals surface area (Å²) in [6, 6.07) is 0. The van der Waals surface area contributed by atoms with Crippen LogP contribution < -0.4 is 5.32 Å². The van der Waals surface area contributed by atoms with E-state index in [4.69, 9.17) is 4.74 Å². The van der Waals surface area contributed by atoms with E-state index in [1.54, 1.807) is 11.3 Å². The van der Waals surface area contributed by atoms with Gasteiger partial charge in [0.15, 0.2) is 0 Å². The molecule has 1 atom stereocenters. The second-order valence-corrected chi connectivity index (χ2v) is 4.61.